The van der Waals surface area contributed by atoms with E-state index in [4.69, 9.17) is 0 Å². The maximum absolute atomic E-state index is 12.4. The lowest BCUT2D eigenvalue weighted by atomic mass is 9.96. The van der Waals surface area contributed by atoms with Gasteiger partial charge in [0.05, 0.1) is 5.92 Å². The molecule has 1 aliphatic carbocycles. The van der Waals surface area contributed by atoms with Crippen LogP contribution in [0.25, 0.3) is 0 Å². The normalized spacial score (nSPS) is 22.5. The van der Waals surface area contributed by atoms with Gasteiger partial charge in [-0.05, 0) is 37.2 Å². The van der Waals surface area contributed by atoms with Crippen LogP contribution in [0, 0.1) is 11.8 Å². The number of carbonyl (C=O) groups excluding carboxylic acids is 2. The van der Waals surface area contributed by atoms with Crippen molar-refractivity contribution in [1.29, 1.82) is 0 Å². The molecule has 2 unspecified atom stereocenters. The second-order valence-corrected chi connectivity index (χ2v) is 6.95. The molecule has 124 valence electrons. The molecule has 0 radical (unpaired) electrons. The van der Waals surface area contributed by atoms with Gasteiger partial charge < -0.3 is 10.2 Å². The zero-order valence-corrected chi connectivity index (χ0v) is 13.8. The number of hydrogen-bond donors (Lipinski definition) is 1. The highest BCUT2D eigenvalue weighted by molar-refractivity contribution is 5.83. The quantitative estimate of drug-likeness (QED) is 0.908. The second kappa shape index (κ2) is 7.16. The molecule has 3 rings (SSSR count). The Morgan fingerprint density at radius 2 is 1.91 bits per heavy atom. The number of benzene rings is 1. The van der Waals surface area contributed by atoms with Crippen molar-refractivity contribution in [2.45, 2.75) is 38.5 Å². The van der Waals surface area contributed by atoms with E-state index in [1.807, 2.05) is 23.1 Å². The van der Waals surface area contributed by atoms with Crippen LogP contribution in [0.4, 0.5) is 0 Å². The molecule has 2 fully saturated rings. The van der Waals surface area contributed by atoms with Crippen molar-refractivity contribution in [3.8, 4) is 0 Å². The van der Waals surface area contributed by atoms with Gasteiger partial charge in [0.2, 0.25) is 11.8 Å². The largest absolute Gasteiger partial charge is 0.355 e. The number of carbonyl (C=O) groups is 2. The Morgan fingerprint density at radius 1 is 1.17 bits per heavy atom. The SMILES string of the molecule is CC(CNC(=O)C1CCCN(C(=O)C2CC2)C1)c1ccccc1. The Labute approximate surface area is 138 Å². The fourth-order valence-corrected chi connectivity index (χ4v) is 3.28. The monoisotopic (exact) mass is 314 g/mol. The van der Waals surface area contributed by atoms with Crippen LogP contribution in [-0.2, 0) is 9.59 Å². The minimum atomic E-state index is -0.0468. The van der Waals surface area contributed by atoms with Crippen molar-refractivity contribution in [3.63, 3.8) is 0 Å². The average Bonchev–Trinajstić information content (AvgIpc) is 3.44. The van der Waals surface area contributed by atoms with E-state index in [0.717, 1.165) is 32.2 Å². The highest BCUT2D eigenvalue weighted by Gasteiger charge is 2.36. The van der Waals surface area contributed by atoms with Crippen molar-refractivity contribution in [2.75, 3.05) is 19.6 Å². The highest BCUT2D eigenvalue weighted by atomic mass is 16.2. The van der Waals surface area contributed by atoms with Crippen LogP contribution in [-0.4, -0.2) is 36.3 Å². The van der Waals surface area contributed by atoms with Gasteiger partial charge in [-0.2, -0.15) is 0 Å². The molecule has 1 saturated heterocycles. The first kappa shape index (κ1) is 16.0. The van der Waals surface area contributed by atoms with E-state index in [2.05, 4.69) is 24.4 Å². The molecule has 1 N–H and O–H groups in total. The van der Waals surface area contributed by atoms with E-state index in [1.54, 1.807) is 0 Å². The molecule has 1 aliphatic heterocycles. The van der Waals surface area contributed by atoms with Gasteiger partial charge in [0, 0.05) is 25.6 Å². The lowest BCUT2D eigenvalue weighted by Gasteiger charge is -2.32. The molecular formula is C19H26N2O2. The fraction of sp³-hybridized carbons (Fsp3) is 0.579. The summed E-state index contributed by atoms with van der Waals surface area (Å²) in [6.45, 7) is 4.19. The number of rotatable bonds is 5. The van der Waals surface area contributed by atoms with E-state index in [0.29, 0.717) is 19.0 Å². The minimum Gasteiger partial charge on any atom is -0.355 e. The van der Waals surface area contributed by atoms with Crippen molar-refractivity contribution >= 4 is 11.8 Å². The molecule has 1 aromatic rings. The summed E-state index contributed by atoms with van der Waals surface area (Å²) >= 11 is 0. The van der Waals surface area contributed by atoms with Crippen LogP contribution < -0.4 is 5.32 Å². The number of nitrogens with one attached hydrogen (secondary N) is 1. The molecule has 0 bridgehead atoms. The smallest absolute Gasteiger partial charge is 0.225 e. The lowest BCUT2D eigenvalue weighted by molar-refractivity contribution is -0.136. The Kier molecular flexibility index (Phi) is 4.99. The molecule has 23 heavy (non-hydrogen) atoms. The maximum atomic E-state index is 12.4. The van der Waals surface area contributed by atoms with Gasteiger partial charge in [0.25, 0.3) is 0 Å². The number of piperidine rings is 1. The van der Waals surface area contributed by atoms with E-state index >= 15 is 0 Å². The first-order chi connectivity index (χ1) is 11.1. The molecule has 0 spiro atoms. The van der Waals surface area contributed by atoms with Gasteiger partial charge in [-0.1, -0.05) is 37.3 Å². The zero-order chi connectivity index (χ0) is 16.2. The van der Waals surface area contributed by atoms with Crippen molar-refractivity contribution in [2.24, 2.45) is 11.8 Å². The third-order valence-corrected chi connectivity index (χ3v) is 4.98. The highest BCUT2D eigenvalue weighted by Crippen LogP contribution is 2.32. The summed E-state index contributed by atoms with van der Waals surface area (Å²) in [4.78, 5) is 26.5. The Balaban J connectivity index is 1.48. The molecular weight excluding hydrogens is 288 g/mol. The fourth-order valence-electron chi connectivity index (χ4n) is 3.28. The zero-order valence-electron chi connectivity index (χ0n) is 13.8. The van der Waals surface area contributed by atoms with Crippen LogP contribution in [0.15, 0.2) is 30.3 Å². The summed E-state index contributed by atoms with van der Waals surface area (Å²) in [5.41, 5.74) is 1.24. The molecule has 2 amide bonds. The van der Waals surface area contributed by atoms with Gasteiger partial charge in [0.15, 0.2) is 0 Å². The standard InChI is InChI=1S/C19H26N2O2/c1-14(15-6-3-2-4-7-15)12-20-18(22)17-8-5-11-21(13-17)19(23)16-9-10-16/h2-4,6-7,14,16-17H,5,8-13H2,1H3,(H,20,22). The topological polar surface area (TPSA) is 49.4 Å². The van der Waals surface area contributed by atoms with Crippen LogP contribution in [0.3, 0.4) is 0 Å². The van der Waals surface area contributed by atoms with E-state index in [-0.39, 0.29) is 23.7 Å². The molecule has 1 heterocycles. The molecule has 1 aromatic carbocycles. The number of likely N-dealkylation sites (tertiary alicyclic amines) is 1. The van der Waals surface area contributed by atoms with Crippen molar-refractivity contribution < 1.29 is 9.59 Å². The van der Waals surface area contributed by atoms with Crippen LogP contribution >= 0.6 is 0 Å². The Morgan fingerprint density at radius 3 is 2.61 bits per heavy atom. The predicted octanol–water partition coefficient (Wildman–Crippen LogP) is 2.55. The van der Waals surface area contributed by atoms with Gasteiger partial charge in [0.1, 0.15) is 0 Å². The molecule has 2 atom stereocenters. The average molecular weight is 314 g/mol. The molecule has 2 aliphatic rings. The van der Waals surface area contributed by atoms with E-state index < -0.39 is 0 Å². The summed E-state index contributed by atoms with van der Waals surface area (Å²) in [5.74, 6) is 0.860. The summed E-state index contributed by atoms with van der Waals surface area (Å²) in [7, 11) is 0. The Hall–Kier alpha value is -1.84. The van der Waals surface area contributed by atoms with Crippen LogP contribution in [0.2, 0.25) is 0 Å². The number of nitrogens with zero attached hydrogens (tertiary/aromatic N) is 1. The van der Waals surface area contributed by atoms with E-state index in [1.165, 1.54) is 5.56 Å². The third-order valence-electron chi connectivity index (χ3n) is 4.98. The summed E-state index contributed by atoms with van der Waals surface area (Å²) in [6.07, 6.45) is 3.88. The third kappa shape index (κ3) is 4.12. The molecule has 0 aromatic heterocycles. The summed E-state index contributed by atoms with van der Waals surface area (Å²) < 4.78 is 0. The first-order valence-corrected chi connectivity index (χ1v) is 8.76. The van der Waals surface area contributed by atoms with Gasteiger partial charge >= 0.3 is 0 Å². The second-order valence-electron chi connectivity index (χ2n) is 6.95. The molecule has 1 saturated carbocycles. The van der Waals surface area contributed by atoms with Gasteiger partial charge in [-0.25, -0.2) is 0 Å². The molecule has 4 nitrogen and oxygen atoms in total. The lowest BCUT2D eigenvalue weighted by Crippen LogP contribution is -2.46. The summed E-state index contributed by atoms with van der Waals surface area (Å²) in [5, 5.41) is 3.08. The van der Waals surface area contributed by atoms with Crippen molar-refractivity contribution in [3.05, 3.63) is 35.9 Å². The molecule has 4 heteroatoms. The maximum Gasteiger partial charge on any atom is 0.225 e. The minimum absolute atomic E-state index is 0.0468. The predicted molar refractivity (Wildman–Crippen MR) is 89.9 cm³/mol. The Bertz CT molecular complexity index is 554. The number of hydrogen-bond acceptors (Lipinski definition) is 2. The van der Waals surface area contributed by atoms with Gasteiger partial charge in [-0.15, -0.1) is 0 Å². The van der Waals surface area contributed by atoms with Crippen LogP contribution in [0.1, 0.15) is 44.1 Å². The van der Waals surface area contributed by atoms with Crippen molar-refractivity contribution in [1.82, 2.24) is 10.2 Å². The van der Waals surface area contributed by atoms with E-state index in [9.17, 15) is 9.59 Å². The number of amides is 2. The van der Waals surface area contributed by atoms with Crippen LogP contribution in [0.5, 0.6) is 0 Å². The first-order valence-electron chi connectivity index (χ1n) is 8.76. The van der Waals surface area contributed by atoms with Gasteiger partial charge in [-0.3, -0.25) is 9.59 Å². The summed E-state index contributed by atoms with van der Waals surface area (Å²) in [6, 6.07) is 10.2.